The summed E-state index contributed by atoms with van der Waals surface area (Å²) in [5.41, 5.74) is 3.16. The topological polar surface area (TPSA) is 69.6 Å². The summed E-state index contributed by atoms with van der Waals surface area (Å²) >= 11 is 0. The molecule has 2 aliphatic rings. The third-order valence-electron chi connectivity index (χ3n) is 4.13. The molecule has 1 atom stereocenters. The van der Waals surface area contributed by atoms with Crippen molar-refractivity contribution >= 4 is 11.9 Å². The van der Waals surface area contributed by atoms with Crippen molar-refractivity contribution in [1.82, 2.24) is 10.2 Å². The van der Waals surface area contributed by atoms with E-state index in [1.54, 1.807) is 0 Å². The van der Waals surface area contributed by atoms with Gasteiger partial charge in [-0.05, 0) is 42.5 Å². The zero-order chi connectivity index (χ0) is 14.1. The highest BCUT2D eigenvalue weighted by atomic mass is 16.4. The average molecular weight is 274 g/mol. The largest absolute Gasteiger partial charge is 0.480 e. The van der Waals surface area contributed by atoms with E-state index in [4.69, 9.17) is 0 Å². The van der Waals surface area contributed by atoms with E-state index in [1.807, 2.05) is 18.2 Å². The van der Waals surface area contributed by atoms with Crippen LogP contribution in [0.4, 0.5) is 0 Å². The zero-order valence-corrected chi connectivity index (χ0v) is 11.3. The van der Waals surface area contributed by atoms with Gasteiger partial charge in [0.1, 0.15) is 6.04 Å². The van der Waals surface area contributed by atoms with Crippen LogP contribution in [0.15, 0.2) is 18.2 Å². The molecule has 1 amide bonds. The van der Waals surface area contributed by atoms with Crippen LogP contribution in [-0.2, 0) is 17.6 Å². The van der Waals surface area contributed by atoms with E-state index in [0.717, 1.165) is 19.3 Å². The standard InChI is InChI=1S/C15H18N2O3/c18-14(17-7-6-16-9-13(17)15(19)20)12-5-4-10-2-1-3-11(10)8-12/h4-5,8,13,16H,1-3,6-7,9H2,(H,19,20). The van der Waals surface area contributed by atoms with Crippen LogP contribution in [-0.4, -0.2) is 47.6 Å². The maximum absolute atomic E-state index is 12.5. The molecule has 3 rings (SSSR count). The van der Waals surface area contributed by atoms with Gasteiger partial charge in [-0.15, -0.1) is 0 Å². The predicted molar refractivity (Wildman–Crippen MR) is 73.8 cm³/mol. The van der Waals surface area contributed by atoms with Gasteiger partial charge in [0, 0.05) is 25.2 Å². The molecular weight excluding hydrogens is 256 g/mol. The average Bonchev–Trinajstić information content (AvgIpc) is 2.93. The first-order chi connectivity index (χ1) is 9.66. The van der Waals surface area contributed by atoms with E-state index in [2.05, 4.69) is 5.32 Å². The summed E-state index contributed by atoms with van der Waals surface area (Å²) in [5, 5.41) is 12.2. The molecule has 1 aromatic carbocycles. The third kappa shape index (κ3) is 2.29. The number of nitrogens with zero attached hydrogens (tertiary/aromatic N) is 1. The fraction of sp³-hybridized carbons (Fsp3) is 0.467. The minimum atomic E-state index is -0.952. The predicted octanol–water partition coefficient (Wildman–Crippen LogP) is 0.674. The second kappa shape index (κ2) is 5.25. The summed E-state index contributed by atoms with van der Waals surface area (Å²) in [5.74, 6) is -1.12. The maximum Gasteiger partial charge on any atom is 0.327 e. The Morgan fingerprint density at radius 3 is 2.85 bits per heavy atom. The van der Waals surface area contributed by atoms with E-state index >= 15 is 0 Å². The number of amides is 1. The Hall–Kier alpha value is -1.88. The molecule has 0 saturated carbocycles. The summed E-state index contributed by atoms with van der Waals surface area (Å²) in [6.07, 6.45) is 3.23. The van der Waals surface area contributed by atoms with E-state index in [1.165, 1.54) is 16.0 Å². The number of fused-ring (bicyclic) bond motifs is 1. The van der Waals surface area contributed by atoms with Crippen molar-refractivity contribution in [2.45, 2.75) is 25.3 Å². The molecule has 1 unspecified atom stereocenters. The van der Waals surface area contributed by atoms with Crippen molar-refractivity contribution in [3.63, 3.8) is 0 Å². The molecule has 106 valence electrons. The molecule has 0 aromatic heterocycles. The molecule has 5 nitrogen and oxygen atoms in total. The van der Waals surface area contributed by atoms with E-state index in [0.29, 0.717) is 25.2 Å². The SMILES string of the molecule is O=C(O)C1CNCCN1C(=O)c1ccc2c(c1)CCC2. The Morgan fingerprint density at radius 2 is 2.05 bits per heavy atom. The normalized spacial score (nSPS) is 21.6. The summed E-state index contributed by atoms with van der Waals surface area (Å²) in [6.45, 7) is 1.39. The van der Waals surface area contributed by atoms with E-state index in [9.17, 15) is 14.7 Å². The highest BCUT2D eigenvalue weighted by Crippen LogP contribution is 2.24. The molecule has 20 heavy (non-hydrogen) atoms. The lowest BCUT2D eigenvalue weighted by Gasteiger charge is -2.33. The number of carboxylic acids is 1. The smallest absolute Gasteiger partial charge is 0.327 e. The van der Waals surface area contributed by atoms with E-state index < -0.39 is 12.0 Å². The number of hydrogen-bond acceptors (Lipinski definition) is 3. The van der Waals surface area contributed by atoms with Gasteiger partial charge in [-0.1, -0.05) is 6.07 Å². The number of aliphatic carboxylic acids is 1. The van der Waals surface area contributed by atoms with Crippen LogP contribution in [0.1, 0.15) is 27.9 Å². The van der Waals surface area contributed by atoms with Gasteiger partial charge in [0.05, 0.1) is 0 Å². The van der Waals surface area contributed by atoms with Crippen molar-refractivity contribution in [2.24, 2.45) is 0 Å². The van der Waals surface area contributed by atoms with Crippen LogP contribution in [0.25, 0.3) is 0 Å². The van der Waals surface area contributed by atoms with Gasteiger partial charge in [-0.25, -0.2) is 4.79 Å². The zero-order valence-electron chi connectivity index (χ0n) is 11.3. The van der Waals surface area contributed by atoms with Gasteiger partial charge in [0.15, 0.2) is 0 Å². The molecule has 0 spiro atoms. The highest BCUT2D eigenvalue weighted by molar-refractivity contribution is 5.97. The Labute approximate surface area is 117 Å². The first kappa shape index (κ1) is 13.1. The van der Waals surface area contributed by atoms with Crippen LogP contribution in [0.5, 0.6) is 0 Å². The summed E-state index contributed by atoms with van der Waals surface area (Å²) < 4.78 is 0. The molecule has 1 fully saturated rings. The van der Waals surface area contributed by atoms with Gasteiger partial charge in [0.2, 0.25) is 0 Å². The van der Waals surface area contributed by atoms with Gasteiger partial charge < -0.3 is 15.3 Å². The number of benzene rings is 1. The Bertz CT molecular complexity index is 556. The van der Waals surface area contributed by atoms with Crippen molar-refractivity contribution < 1.29 is 14.7 Å². The van der Waals surface area contributed by atoms with Gasteiger partial charge >= 0.3 is 5.97 Å². The van der Waals surface area contributed by atoms with Gasteiger partial charge in [0.25, 0.3) is 5.91 Å². The fourth-order valence-corrected chi connectivity index (χ4v) is 3.04. The van der Waals surface area contributed by atoms with Crippen molar-refractivity contribution in [3.8, 4) is 0 Å². The van der Waals surface area contributed by atoms with Gasteiger partial charge in [-0.3, -0.25) is 4.79 Å². The molecule has 1 saturated heterocycles. The molecule has 0 bridgehead atoms. The van der Waals surface area contributed by atoms with Crippen LogP contribution >= 0.6 is 0 Å². The second-order valence-electron chi connectivity index (χ2n) is 5.39. The number of carbonyl (C=O) groups excluding carboxylic acids is 1. The van der Waals surface area contributed by atoms with Crippen molar-refractivity contribution in [3.05, 3.63) is 34.9 Å². The number of carbonyl (C=O) groups is 2. The molecule has 1 aromatic rings. The Morgan fingerprint density at radius 1 is 1.25 bits per heavy atom. The van der Waals surface area contributed by atoms with Crippen LogP contribution < -0.4 is 5.32 Å². The second-order valence-corrected chi connectivity index (χ2v) is 5.39. The number of aryl methyl sites for hydroxylation is 2. The summed E-state index contributed by atoms with van der Waals surface area (Å²) in [7, 11) is 0. The first-order valence-electron chi connectivity index (χ1n) is 7.03. The lowest BCUT2D eigenvalue weighted by atomic mass is 10.0. The molecule has 2 N–H and O–H groups in total. The molecule has 1 aliphatic heterocycles. The quantitative estimate of drug-likeness (QED) is 0.832. The molecule has 1 heterocycles. The lowest BCUT2D eigenvalue weighted by Crippen LogP contribution is -2.57. The van der Waals surface area contributed by atoms with E-state index in [-0.39, 0.29) is 5.91 Å². The van der Waals surface area contributed by atoms with Crippen LogP contribution in [0.2, 0.25) is 0 Å². The van der Waals surface area contributed by atoms with Crippen molar-refractivity contribution in [1.29, 1.82) is 0 Å². The highest BCUT2D eigenvalue weighted by Gasteiger charge is 2.32. The number of carboxylic acid groups (broad SMARTS) is 1. The van der Waals surface area contributed by atoms with Crippen LogP contribution in [0, 0.1) is 0 Å². The number of nitrogens with one attached hydrogen (secondary N) is 1. The van der Waals surface area contributed by atoms with Crippen LogP contribution in [0.3, 0.4) is 0 Å². The maximum atomic E-state index is 12.5. The fourth-order valence-electron chi connectivity index (χ4n) is 3.04. The number of rotatable bonds is 2. The third-order valence-corrected chi connectivity index (χ3v) is 4.13. The first-order valence-corrected chi connectivity index (χ1v) is 7.03. The van der Waals surface area contributed by atoms with Crippen molar-refractivity contribution in [2.75, 3.05) is 19.6 Å². The Kier molecular flexibility index (Phi) is 3.44. The number of piperazine rings is 1. The minimum absolute atomic E-state index is 0.173. The van der Waals surface area contributed by atoms with Gasteiger partial charge in [-0.2, -0.15) is 0 Å². The molecular formula is C15H18N2O3. The molecule has 1 aliphatic carbocycles. The lowest BCUT2D eigenvalue weighted by molar-refractivity contribution is -0.142. The monoisotopic (exact) mass is 274 g/mol. The number of hydrogen-bond donors (Lipinski definition) is 2. The summed E-state index contributed by atoms with van der Waals surface area (Å²) in [6, 6.07) is 5.00. The minimum Gasteiger partial charge on any atom is -0.480 e. The summed E-state index contributed by atoms with van der Waals surface area (Å²) in [4.78, 5) is 25.3. The molecule has 5 heteroatoms. The molecule has 0 radical (unpaired) electrons. The Balaban J connectivity index is 1.85.